The van der Waals surface area contributed by atoms with E-state index in [-0.39, 0.29) is 35.9 Å². The Morgan fingerprint density at radius 1 is 1.03 bits per heavy atom. The second kappa shape index (κ2) is 7.83. The number of rotatable bonds is 3. The Morgan fingerprint density at radius 2 is 1.77 bits per heavy atom. The van der Waals surface area contributed by atoms with Crippen LogP contribution in [0.4, 0.5) is 0 Å². The van der Waals surface area contributed by atoms with Gasteiger partial charge in [0, 0.05) is 25.0 Å². The van der Waals surface area contributed by atoms with Gasteiger partial charge in [-0.1, -0.05) is 13.8 Å². The molecule has 1 heterocycles. The number of hydrogen-bond acceptors (Lipinski definition) is 5. The highest BCUT2D eigenvalue weighted by molar-refractivity contribution is 5.83. The summed E-state index contributed by atoms with van der Waals surface area (Å²) < 4.78 is 5.57. The molecule has 170 valence electrons. The van der Waals surface area contributed by atoms with Gasteiger partial charge in [-0.05, 0) is 85.9 Å². The van der Waals surface area contributed by atoms with Gasteiger partial charge in [0.1, 0.15) is 6.61 Å². The van der Waals surface area contributed by atoms with Crippen LogP contribution in [0.25, 0.3) is 0 Å². The Hall–Kier alpha value is -0.490. The number of aliphatic hydroxyl groups is 2. The number of carbonyl (C=O) groups is 1. The first kappa shape index (κ1) is 21.4. The topological polar surface area (TPSA) is 70.0 Å². The molecule has 4 saturated carbocycles. The Morgan fingerprint density at radius 3 is 2.50 bits per heavy atom. The van der Waals surface area contributed by atoms with Gasteiger partial charge in [0.25, 0.3) is 0 Å². The minimum atomic E-state index is -0.292. The smallest absolute Gasteiger partial charge is 0.161 e. The zero-order valence-electron chi connectivity index (χ0n) is 18.9. The highest BCUT2D eigenvalue weighted by Gasteiger charge is 2.62. The lowest BCUT2D eigenvalue weighted by Gasteiger charge is -2.62. The fourth-order valence-electron chi connectivity index (χ4n) is 9.20. The van der Waals surface area contributed by atoms with Crippen molar-refractivity contribution in [3.05, 3.63) is 0 Å². The first-order valence-corrected chi connectivity index (χ1v) is 12.5. The van der Waals surface area contributed by atoms with E-state index in [4.69, 9.17) is 4.74 Å². The third kappa shape index (κ3) is 3.14. The standard InChI is InChI=1S/C25H41NO4/c1-24-8-7-19-17(18(24)5-6-20(24)23(29)15-27)4-3-16-13-22(28)21(14-25(16,19)2)26-9-11-30-12-10-26/h16-22,27-28H,3-15H2,1-2H3/t16?,17-,18-,19-,20+,21?,22?,24-,25-/m0/s1. The van der Waals surface area contributed by atoms with Crippen LogP contribution in [0.5, 0.6) is 0 Å². The number of ketones is 1. The van der Waals surface area contributed by atoms with E-state index in [1.807, 2.05) is 0 Å². The monoisotopic (exact) mass is 419 g/mol. The van der Waals surface area contributed by atoms with Crippen molar-refractivity contribution in [2.75, 3.05) is 32.9 Å². The van der Waals surface area contributed by atoms with Gasteiger partial charge in [0.15, 0.2) is 5.78 Å². The van der Waals surface area contributed by atoms with Crippen molar-refractivity contribution in [2.24, 2.45) is 40.4 Å². The summed E-state index contributed by atoms with van der Waals surface area (Å²) in [4.78, 5) is 15.0. The van der Waals surface area contributed by atoms with Crippen molar-refractivity contribution in [1.29, 1.82) is 0 Å². The highest BCUT2D eigenvalue weighted by atomic mass is 16.5. The first-order chi connectivity index (χ1) is 14.4. The van der Waals surface area contributed by atoms with E-state index in [0.29, 0.717) is 29.1 Å². The molecule has 0 aromatic heterocycles. The van der Waals surface area contributed by atoms with E-state index < -0.39 is 0 Å². The fourth-order valence-corrected chi connectivity index (χ4v) is 9.20. The summed E-state index contributed by atoms with van der Waals surface area (Å²) in [7, 11) is 0. The van der Waals surface area contributed by atoms with Crippen LogP contribution in [0.15, 0.2) is 0 Å². The summed E-state index contributed by atoms with van der Waals surface area (Å²) in [6.45, 7) is 8.08. The van der Waals surface area contributed by atoms with E-state index >= 15 is 0 Å². The average Bonchev–Trinajstić information content (AvgIpc) is 3.11. The van der Waals surface area contributed by atoms with Crippen LogP contribution in [0, 0.1) is 40.4 Å². The normalized spacial score (nSPS) is 51.7. The number of aliphatic hydroxyl groups excluding tert-OH is 2. The van der Waals surface area contributed by atoms with Gasteiger partial charge in [-0.15, -0.1) is 0 Å². The summed E-state index contributed by atoms with van der Waals surface area (Å²) >= 11 is 0. The van der Waals surface area contributed by atoms with Crippen LogP contribution in [0.1, 0.15) is 65.2 Å². The quantitative estimate of drug-likeness (QED) is 0.736. The molecule has 0 aromatic rings. The lowest BCUT2D eigenvalue weighted by atomic mass is 9.44. The number of Topliss-reactive ketones (excluding diaryl/α,β-unsaturated/α-hetero) is 1. The highest BCUT2D eigenvalue weighted by Crippen LogP contribution is 2.67. The molecule has 1 saturated heterocycles. The molecule has 5 fully saturated rings. The van der Waals surface area contributed by atoms with Crippen LogP contribution < -0.4 is 0 Å². The van der Waals surface area contributed by atoms with E-state index in [1.54, 1.807) is 0 Å². The molecule has 4 aliphatic carbocycles. The minimum absolute atomic E-state index is 0.0632. The van der Waals surface area contributed by atoms with E-state index in [2.05, 4.69) is 18.7 Å². The summed E-state index contributed by atoms with van der Waals surface area (Å²) in [5.41, 5.74) is 0.382. The van der Waals surface area contributed by atoms with E-state index in [9.17, 15) is 15.0 Å². The van der Waals surface area contributed by atoms with E-state index in [0.717, 1.165) is 58.4 Å². The Labute approximate surface area is 181 Å². The van der Waals surface area contributed by atoms with Gasteiger partial charge >= 0.3 is 0 Å². The van der Waals surface area contributed by atoms with Crippen LogP contribution >= 0.6 is 0 Å². The van der Waals surface area contributed by atoms with Crippen molar-refractivity contribution >= 4 is 5.78 Å². The third-order valence-electron chi connectivity index (χ3n) is 10.7. The second-order valence-corrected chi connectivity index (χ2v) is 11.7. The zero-order chi connectivity index (χ0) is 21.1. The molecule has 1 aliphatic heterocycles. The Kier molecular flexibility index (Phi) is 5.57. The second-order valence-electron chi connectivity index (χ2n) is 11.7. The van der Waals surface area contributed by atoms with Gasteiger partial charge < -0.3 is 14.9 Å². The van der Waals surface area contributed by atoms with Crippen molar-refractivity contribution < 1.29 is 19.7 Å². The SMILES string of the molecule is C[C@]12CC[C@H]3[C@@H](CCC4CC(O)C(N5CCOCC5)C[C@@]43C)[C@@H]1CC[C@@H]2C(=O)CO. The molecule has 0 amide bonds. The minimum Gasteiger partial charge on any atom is -0.391 e. The number of ether oxygens (including phenoxy) is 1. The molecule has 0 spiro atoms. The van der Waals surface area contributed by atoms with Crippen molar-refractivity contribution in [1.82, 2.24) is 4.90 Å². The molecular weight excluding hydrogens is 378 g/mol. The molecule has 5 nitrogen and oxygen atoms in total. The van der Waals surface area contributed by atoms with Crippen LogP contribution in [-0.2, 0) is 9.53 Å². The van der Waals surface area contributed by atoms with Crippen molar-refractivity contribution in [3.8, 4) is 0 Å². The van der Waals surface area contributed by atoms with Gasteiger partial charge in [-0.25, -0.2) is 0 Å². The Balaban J connectivity index is 1.39. The molecule has 0 radical (unpaired) electrons. The van der Waals surface area contributed by atoms with Crippen LogP contribution in [-0.4, -0.2) is 66.0 Å². The van der Waals surface area contributed by atoms with Gasteiger partial charge in [0.2, 0.25) is 0 Å². The zero-order valence-corrected chi connectivity index (χ0v) is 18.9. The maximum absolute atomic E-state index is 12.5. The van der Waals surface area contributed by atoms with Gasteiger partial charge in [0.05, 0.1) is 19.3 Å². The van der Waals surface area contributed by atoms with Crippen LogP contribution in [0.2, 0.25) is 0 Å². The Bertz CT molecular complexity index is 664. The van der Waals surface area contributed by atoms with Crippen LogP contribution in [0.3, 0.4) is 0 Å². The molecule has 5 rings (SSSR count). The van der Waals surface area contributed by atoms with Crippen molar-refractivity contribution in [2.45, 2.75) is 77.4 Å². The molecule has 9 atom stereocenters. The average molecular weight is 420 g/mol. The molecule has 0 aromatic carbocycles. The predicted molar refractivity (Wildman–Crippen MR) is 115 cm³/mol. The summed E-state index contributed by atoms with van der Waals surface area (Å²) in [5.74, 6) is 2.82. The summed E-state index contributed by atoms with van der Waals surface area (Å²) in [6.07, 6.45) is 8.83. The fraction of sp³-hybridized carbons (Fsp3) is 0.960. The molecule has 5 heteroatoms. The molecule has 5 aliphatic rings. The van der Waals surface area contributed by atoms with E-state index in [1.165, 1.54) is 19.3 Å². The van der Waals surface area contributed by atoms with Gasteiger partial charge in [-0.2, -0.15) is 0 Å². The third-order valence-corrected chi connectivity index (χ3v) is 10.7. The lowest BCUT2D eigenvalue weighted by molar-refractivity contribution is -0.157. The van der Waals surface area contributed by atoms with Gasteiger partial charge in [-0.3, -0.25) is 9.69 Å². The number of morpholine rings is 1. The molecule has 0 bridgehead atoms. The molecule has 30 heavy (non-hydrogen) atoms. The predicted octanol–water partition coefficient (Wildman–Crippen LogP) is 2.88. The maximum atomic E-state index is 12.5. The maximum Gasteiger partial charge on any atom is 0.161 e. The summed E-state index contributed by atoms with van der Waals surface area (Å²) in [5, 5.41) is 20.6. The number of fused-ring (bicyclic) bond motifs is 5. The number of nitrogens with zero attached hydrogens (tertiary/aromatic N) is 1. The molecule has 2 N–H and O–H groups in total. The lowest BCUT2D eigenvalue weighted by Crippen LogP contribution is -2.60. The molecule has 3 unspecified atom stereocenters. The largest absolute Gasteiger partial charge is 0.391 e. The van der Waals surface area contributed by atoms with Crippen molar-refractivity contribution in [3.63, 3.8) is 0 Å². The number of carbonyl (C=O) groups excluding carboxylic acids is 1. The summed E-state index contributed by atoms with van der Waals surface area (Å²) in [6, 6.07) is 0.273. The number of hydrogen-bond donors (Lipinski definition) is 2. The molecular formula is C25H41NO4. The first-order valence-electron chi connectivity index (χ1n) is 12.5.